The van der Waals surface area contributed by atoms with Crippen LogP contribution in [0.4, 0.5) is 0 Å². The predicted octanol–water partition coefficient (Wildman–Crippen LogP) is -6.95. The van der Waals surface area contributed by atoms with Gasteiger partial charge in [-0.1, -0.05) is 0 Å². The molecule has 0 fully saturated rings. The predicted molar refractivity (Wildman–Crippen MR) is 52.8 cm³/mol. The van der Waals surface area contributed by atoms with Crippen LogP contribution in [0.1, 0.15) is 0 Å². The average Bonchev–Trinajstić information content (AvgIpc) is 2.16. The monoisotopic (exact) mass is 255 g/mol. The van der Waals surface area contributed by atoms with Crippen LogP contribution in [-0.4, -0.2) is 60.9 Å². The highest BCUT2D eigenvalue weighted by Crippen LogP contribution is 2.27. The minimum Gasteiger partial charge on any atom is -0.392 e. The van der Waals surface area contributed by atoms with Gasteiger partial charge in [-0.15, -0.1) is 0 Å². The maximum atomic E-state index is 10.8. The van der Waals surface area contributed by atoms with Crippen molar-refractivity contribution in [2.45, 2.75) is 22.9 Å². The number of hydrogen-bond donors (Lipinski definition) is 10. The lowest BCUT2D eigenvalue weighted by Gasteiger charge is -2.49. The fraction of sp³-hybridized carbons (Fsp3) is 0.833. The molecular weight excluding hydrogens is 238 g/mol. The van der Waals surface area contributed by atoms with E-state index in [1.165, 1.54) is 0 Å². The van der Waals surface area contributed by atoms with Crippen molar-refractivity contribution in [3.63, 3.8) is 0 Å². The number of carbonyl (C=O) groups is 1. The topological polar surface area (TPSA) is 248 Å². The van der Waals surface area contributed by atoms with Crippen LogP contribution in [0.3, 0.4) is 0 Å². The first-order valence-electron chi connectivity index (χ1n) is 4.21. The molecule has 0 unspecified atom stereocenters. The largest absolute Gasteiger partial charge is 0.392 e. The zero-order chi connectivity index (χ0) is 14.3. The molecule has 0 heterocycles. The Morgan fingerprint density at radius 3 is 1.53 bits per heavy atom. The van der Waals surface area contributed by atoms with Gasteiger partial charge in [0.1, 0.15) is 0 Å². The van der Waals surface area contributed by atoms with Gasteiger partial charge in [0.25, 0.3) is 5.91 Å². The smallest absolute Gasteiger partial charge is 0.269 e. The Balaban J connectivity index is 5.69. The van der Waals surface area contributed by atoms with Crippen LogP contribution in [-0.2, 0) is 4.79 Å². The van der Waals surface area contributed by atoms with Gasteiger partial charge in [0.2, 0.25) is 17.2 Å². The summed E-state index contributed by atoms with van der Waals surface area (Å²) in [7, 11) is 0. The molecular formula is C6H17N5O6. The average molecular weight is 255 g/mol. The quantitative estimate of drug-likeness (QED) is 0.208. The molecule has 11 nitrogen and oxygen atoms in total. The van der Waals surface area contributed by atoms with Gasteiger partial charge >= 0.3 is 0 Å². The van der Waals surface area contributed by atoms with Crippen LogP contribution in [0.2, 0.25) is 0 Å². The molecule has 0 radical (unpaired) electrons. The molecule has 0 aromatic heterocycles. The van der Waals surface area contributed by atoms with Crippen molar-refractivity contribution < 1.29 is 30.3 Å². The zero-order valence-electron chi connectivity index (χ0n) is 8.74. The number of nitrogens with two attached hydrogens (primary N) is 5. The van der Waals surface area contributed by atoms with Gasteiger partial charge in [0.05, 0.1) is 6.61 Å². The first-order chi connectivity index (χ1) is 7.25. The lowest BCUT2D eigenvalue weighted by molar-refractivity contribution is -0.294. The molecule has 102 valence electrons. The van der Waals surface area contributed by atoms with E-state index < -0.39 is 35.4 Å². The van der Waals surface area contributed by atoms with Crippen molar-refractivity contribution in [3.05, 3.63) is 0 Å². The third kappa shape index (κ3) is 2.11. The molecule has 0 bridgehead atoms. The van der Waals surface area contributed by atoms with Crippen molar-refractivity contribution in [1.82, 2.24) is 0 Å². The SMILES string of the molecule is NC(=O)[C@](N)(O)[C@@](N)(O)[C@](N)(O)[C@](N)(O)CO. The van der Waals surface area contributed by atoms with Gasteiger partial charge in [-0.3, -0.25) is 27.7 Å². The summed E-state index contributed by atoms with van der Waals surface area (Å²) in [4.78, 5) is 10.8. The molecule has 1 amide bonds. The molecule has 0 aliphatic carbocycles. The number of aliphatic hydroxyl groups is 5. The summed E-state index contributed by atoms with van der Waals surface area (Å²) in [6, 6.07) is 0. The standard InChI is InChI=1S/C6H17N5O6/c7-2(13)4(9,15)6(11,17)5(10,16)3(8,14)1-12/h12,14-17H,1,8-11H2,(H2,7,13)/t3-,4+,5-,6-/m1/s1. The first kappa shape index (κ1) is 16.1. The molecule has 4 atom stereocenters. The lowest BCUT2D eigenvalue weighted by Crippen LogP contribution is -2.89. The highest BCUT2D eigenvalue weighted by atomic mass is 16.4. The highest BCUT2D eigenvalue weighted by molar-refractivity contribution is 5.84. The number of amides is 1. The summed E-state index contributed by atoms with van der Waals surface area (Å²) in [6.45, 7) is -1.37. The molecule has 0 aliphatic heterocycles. The summed E-state index contributed by atoms with van der Waals surface area (Å²) in [5, 5.41) is 46.5. The van der Waals surface area contributed by atoms with E-state index >= 15 is 0 Å². The maximum absolute atomic E-state index is 10.8. The molecule has 0 aromatic rings. The molecule has 0 aliphatic rings. The second-order valence-corrected chi connectivity index (χ2v) is 3.75. The molecule has 0 rings (SSSR count). The molecule has 0 saturated heterocycles. The fourth-order valence-corrected chi connectivity index (χ4v) is 0.929. The molecule has 17 heavy (non-hydrogen) atoms. The van der Waals surface area contributed by atoms with Crippen molar-refractivity contribution >= 4 is 5.91 Å². The third-order valence-electron chi connectivity index (χ3n) is 2.44. The van der Waals surface area contributed by atoms with E-state index in [9.17, 15) is 25.2 Å². The number of aliphatic hydroxyl groups excluding tert-OH is 1. The maximum Gasteiger partial charge on any atom is 0.269 e. The number of hydrogen-bond acceptors (Lipinski definition) is 10. The van der Waals surface area contributed by atoms with Crippen molar-refractivity contribution in [3.8, 4) is 0 Å². The van der Waals surface area contributed by atoms with Crippen LogP contribution in [0.25, 0.3) is 0 Å². The van der Waals surface area contributed by atoms with Crippen LogP contribution >= 0.6 is 0 Å². The summed E-state index contributed by atoms with van der Waals surface area (Å²) < 4.78 is 0. The molecule has 0 saturated carbocycles. The van der Waals surface area contributed by atoms with Crippen molar-refractivity contribution in [1.29, 1.82) is 0 Å². The number of carbonyl (C=O) groups excluding carboxylic acids is 1. The normalized spacial score (nSPS) is 26.2. The van der Waals surface area contributed by atoms with Crippen LogP contribution in [0.5, 0.6) is 0 Å². The van der Waals surface area contributed by atoms with Crippen LogP contribution in [0.15, 0.2) is 0 Å². The number of primary amides is 1. The minimum absolute atomic E-state index is 1.37. The second kappa shape index (κ2) is 4.09. The van der Waals surface area contributed by atoms with E-state index in [1.807, 2.05) is 0 Å². The zero-order valence-corrected chi connectivity index (χ0v) is 8.74. The molecule has 0 spiro atoms. The van der Waals surface area contributed by atoms with Gasteiger partial charge in [0, 0.05) is 0 Å². The van der Waals surface area contributed by atoms with Gasteiger partial charge in [-0.05, 0) is 0 Å². The summed E-state index contributed by atoms with van der Waals surface area (Å²) >= 11 is 0. The second-order valence-electron chi connectivity index (χ2n) is 3.75. The summed E-state index contributed by atoms with van der Waals surface area (Å²) in [6.07, 6.45) is 0. The van der Waals surface area contributed by atoms with E-state index in [-0.39, 0.29) is 0 Å². The van der Waals surface area contributed by atoms with Crippen LogP contribution in [0, 0.1) is 0 Å². The Kier molecular flexibility index (Phi) is 3.88. The van der Waals surface area contributed by atoms with Gasteiger partial charge in [-0.25, -0.2) is 0 Å². The van der Waals surface area contributed by atoms with E-state index in [0.717, 1.165) is 0 Å². The fourth-order valence-electron chi connectivity index (χ4n) is 0.929. The summed E-state index contributed by atoms with van der Waals surface area (Å²) in [5.41, 5.74) is 11.0. The van der Waals surface area contributed by atoms with E-state index in [2.05, 4.69) is 5.73 Å². The van der Waals surface area contributed by atoms with Crippen LogP contribution < -0.4 is 28.7 Å². The van der Waals surface area contributed by atoms with Gasteiger partial charge in [0.15, 0.2) is 5.72 Å². The van der Waals surface area contributed by atoms with E-state index in [1.54, 1.807) is 0 Å². The Bertz CT molecular complexity index is 314. The Morgan fingerprint density at radius 2 is 1.29 bits per heavy atom. The van der Waals surface area contributed by atoms with E-state index in [0.29, 0.717) is 0 Å². The lowest BCUT2D eigenvalue weighted by atomic mass is 9.82. The molecule has 11 heteroatoms. The minimum atomic E-state index is -3.54. The highest BCUT2D eigenvalue weighted by Gasteiger charge is 2.67. The van der Waals surface area contributed by atoms with Crippen molar-refractivity contribution in [2.24, 2.45) is 28.7 Å². The first-order valence-corrected chi connectivity index (χ1v) is 4.21. The van der Waals surface area contributed by atoms with Gasteiger partial charge in [-0.2, -0.15) is 0 Å². The van der Waals surface area contributed by atoms with Crippen molar-refractivity contribution in [2.75, 3.05) is 6.61 Å². The number of rotatable bonds is 5. The third-order valence-corrected chi connectivity index (χ3v) is 2.44. The molecule has 15 N–H and O–H groups in total. The Hall–Kier alpha value is -0.890. The van der Waals surface area contributed by atoms with Gasteiger partial charge < -0.3 is 31.3 Å². The van der Waals surface area contributed by atoms with E-state index in [4.69, 9.17) is 28.0 Å². The summed E-state index contributed by atoms with van der Waals surface area (Å²) in [5.74, 6) is -1.75. The molecule has 0 aromatic carbocycles. The Morgan fingerprint density at radius 1 is 0.941 bits per heavy atom. The Labute approximate surface area is 95.4 Å².